The summed E-state index contributed by atoms with van der Waals surface area (Å²) in [7, 11) is 0. The van der Waals surface area contributed by atoms with E-state index in [9.17, 15) is 0 Å². The van der Waals surface area contributed by atoms with E-state index in [0.29, 0.717) is 0 Å². The molecule has 1 saturated carbocycles. The van der Waals surface area contributed by atoms with Gasteiger partial charge in [-0.2, -0.15) is 0 Å². The predicted octanol–water partition coefficient (Wildman–Crippen LogP) is 3.49. The van der Waals surface area contributed by atoms with Crippen molar-refractivity contribution >= 4 is 0 Å². The first kappa shape index (κ1) is 15.0. The van der Waals surface area contributed by atoms with Crippen molar-refractivity contribution in [2.75, 3.05) is 13.2 Å². The van der Waals surface area contributed by atoms with Crippen molar-refractivity contribution in [2.45, 2.75) is 77.2 Å². The van der Waals surface area contributed by atoms with Crippen molar-refractivity contribution in [3.63, 3.8) is 0 Å². The fraction of sp³-hybridized carbons (Fsp3) is 1.00. The summed E-state index contributed by atoms with van der Waals surface area (Å²) in [5.74, 6) is 1.01. The van der Waals surface area contributed by atoms with Crippen LogP contribution in [0.2, 0.25) is 0 Å². The third-order valence-corrected chi connectivity index (χ3v) is 4.07. The van der Waals surface area contributed by atoms with Crippen molar-refractivity contribution in [1.29, 1.82) is 0 Å². The zero-order valence-corrected chi connectivity index (χ0v) is 11.6. The number of hydrogen-bond acceptors (Lipinski definition) is 2. The molecule has 2 aliphatic rings. The lowest BCUT2D eigenvalue weighted by Gasteiger charge is -2.25. The third-order valence-electron chi connectivity index (χ3n) is 4.07. The maximum absolute atomic E-state index is 7.57. The Morgan fingerprint density at radius 2 is 1.41 bits per heavy atom. The zero-order chi connectivity index (χ0) is 12.3. The molecule has 102 valence electrons. The lowest BCUT2D eigenvalue weighted by Crippen LogP contribution is -2.35. The molecule has 1 saturated heterocycles. The third kappa shape index (κ3) is 6.42. The SMILES string of the molecule is C1CCCC(C2CCCCCN2)CC1.CCO. The highest BCUT2D eigenvalue weighted by molar-refractivity contribution is 4.80. The minimum absolute atomic E-state index is 0.250. The Morgan fingerprint density at radius 3 is 2.06 bits per heavy atom. The lowest BCUT2D eigenvalue weighted by atomic mass is 9.89. The molecule has 0 aromatic carbocycles. The van der Waals surface area contributed by atoms with E-state index in [2.05, 4.69) is 5.32 Å². The van der Waals surface area contributed by atoms with E-state index in [1.807, 2.05) is 0 Å². The minimum Gasteiger partial charge on any atom is -0.397 e. The number of rotatable bonds is 1. The van der Waals surface area contributed by atoms with E-state index in [4.69, 9.17) is 5.11 Å². The molecular formula is C15H31NO. The summed E-state index contributed by atoms with van der Waals surface area (Å²) in [6, 6.07) is 0.871. The van der Waals surface area contributed by atoms with Crippen LogP contribution in [0.5, 0.6) is 0 Å². The van der Waals surface area contributed by atoms with Gasteiger partial charge in [-0.25, -0.2) is 0 Å². The highest BCUT2D eigenvalue weighted by atomic mass is 16.2. The summed E-state index contributed by atoms with van der Waals surface area (Å²) in [5.41, 5.74) is 0. The topological polar surface area (TPSA) is 32.3 Å². The molecule has 1 unspecified atom stereocenters. The average Bonchev–Trinajstić information content (AvgIpc) is 2.74. The van der Waals surface area contributed by atoms with E-state index in [1.165, 1.54) is 70.8 Å². The Labute approximate surface area is 107 Å². The molecule has 2 heteroatoms. The highest BCUT2D eigenvalue weighted by Crippen LogP contribution is 2.28. The minimum atomic E-state index is 0.250. The van der Waals surface area contributed by atoms with Crippen molar-refractivity contribution in [3.05, 3.63) is 0 Å². The number of aliphatic hydroxyl groups excluding tert-OH is 1. The molecular weight excluding hydrogens is 210 g/mol. The van der Waals surface area contributed by atoms with Gasteiger partial charge in [-0.3, -0.25) is 0 Å². The molecule has 17 heavy (non-hydrogen) atoms. The van der Waals surface area contributed by atoms with E-state index >= 15 is 0 Å². The number of aliphatic hydroxyl groups is 1. The van der Waals surface area contributed by atoms with E-state index in [0.717, 1.165) is 12.0 Å². The van der Waals surface area contributed by atoms with Crippen molar-refractivity contribution in [3.8, 4) is 0 Å². The van der Waals surface area contributed by atoms with Crippen LogP contribution in [0.4, 0.5) is 0 Å². The highest BCUT2D eigenvalue weighted by Gasteiger charge is 2.22. The average molecular weight is 241 g/mol. The Morgan fingerprint density at radius 1 is 0.882 bits per heavy atom. The van der Waals surface area contributed by atoms with Crippen molar-refractivity contribution < 1.29 is 5.11 Å². The fourth-order valence-corrected chi connectivity index (χ4v) is 3.17. The maximum Gasteiger partial charge on any atom is 0.0402 e. The summed E-state index contributed by atoms with van der Waals surface area (Å²) >= 11 is 0. The molecule has 2 nitrogen and oxygen atoms in total. The molecule has 0 bridgehead atoms. The van der Waals surface area contributed by atoms with E-state index in [-0.39, 0.29) is 6.61 Å². The Hall–Kier alpha value is -0.0800. The van der Waals surface area contributed by atoms with Gasteiger partial charge >= 0.3 is 0 Å². The molecule has 1 aliphatic heterocycles. The second-order valence-electron chi connectivity index (χ2n) is 5.48. The molecule has 2 N–H and O–H groups in total. The van der Waals surface area contributed by atoms with Gasteiger partial charge in [0.25, 0.3) is 0 Å². The van der Waals surface area contributed by atoms with Crippen LogP contribution in [0.25, 0.3) is 0 Å². The Bertz CT molecular complexity index is 138. The lowest BCUT2D eigenvalue weighted by molar-refractivity contribution is 0.314. The van der Waals surface area contributed by atoms with Crippen LogP contribution >= 0.6 is 0 Å². The normalized spacial score (nSPS) is 27.5. The first-order valence-electron chi connectivity index (χ1n) is 7.72. The smallest absolute Gasteiger partial charge is 0.0402 e. The second kappa shape index (κ2) is 9.90. The van der Waals surface area contributed by atoms with Gasteiger partial charge in [0.05, 0.1) is 0 Å². The van der Waals surface area contributed by atoms with Crippen molar-refractivity contribution in [2.24, 2.45) is 5.92 Å². The fourth-order valence-electron chi connectivity index (χ4n) is 3.17. The molecule has 1 aliphatic carbocycles. The maximum atomic E-state index is 7.57. The van der Waals surface area contributed by atoms with Gasteiger partial charge in [0.15, 0.2) is 0 Å². The molecule has 0 spiro atoms. The number of hydrogen-bond donors (Lipinski definition) is 2. The first-order chi connectivity index (χ1) is 8.38. The van der Waals surface area contributed by atoms with Gasteiger partial charge in [-0.1, -0.05) is 38.5 Å². The number of nitrogens with one attached hydrogen (secondary N) is 1. The molecule has 0 aromatic rings. The predicted molar refractivity (Wildman–Crippen MR) is 74.2 cm³/mol. The van der Waals surface area contributed by atoms with Crippen LogP contribution < -0.4 is 5.32 Å². The largest absolute Gasteiger partial charge is 0.397 e. The standard InChI is InChI=1S/C13H25N.C2H6O/c1-2-5-9-12(8-4-1)13-10-6-3-7-11-14-13;1-2-3/h12-14H,1-11H2;3H,2H2,1H3. The molecule has 0 aromatic heterocycles. The van der Waals surface area contributed by atoms with Crippen LogP contribution in [0.3, 0.4) is 0 Å². The summed E-state index contributed by atoms with van der Waals surface area (Å²) < 4.78 is 0. The molecule has 0 radical (unpaired) electrons. The van der Waals surface area contributed by atoms with Crippen LogP contribution in [0, 0.1) is 5.92 Å². The van der Waals surface area contributed by atoms with E-state index in [1.54, 1.807) is 6.92 Å². The van der Waals surface area contributed by atoms with Gasteiger partial charge in [0, 0.05) is 12.6 Å². The van der Waals surface area contributed by atoms with Crippen LogP contribution in [-0.2, 0) is 0 Å². The Balaban J connectivity index is 0.000000437. The molecule has 2 rings (SSSR count). The summed E-state index contributed by atoms with van der Waals surface area (Å²) in [6.07, 6.45) is 14.7. The van der Waals surface area contributed by atoms with Gasteiger partial charge in [-0.05, 0) is 45.1 Å². The second-order valence-corrected chi connectivity index (χ2v) is 5.48. The van der Waals surface area contributed by atoms with Crippen LogP contribution in [0.15, 0.2) is 0 Å². The van der Waals surface area contributed by atoms with Gasteiger partial charge in [-0.15, -0.1) is 0 Å². The van der Waals surface area contributed by atoms with Crippen LogP contribution in [-0.4, -0.2) is 24.3 Å². The first-order valence-corrected chi connectivity index (χ1v) is 7.72. The summed E-state index contributed by atoms with van der Waals surface area (Å²) in [6.45, 7) is 3.21. The quantitative estimate of drug-likeness (QED) is 0.689. The molecule has 1 heterocycles. The summed E-state index contributed by atoms with van der Waals surface area (Å²) in [4.78, 5) is 0. The van der Waals surface area contributed by atoms with Gasteiger partial charge in [0.1, 0.15) is 0 Å². The molecule has 0 amide bonds. The van der Waals surface area contributed by atoms with E-state index < -0.39 is 0 Å². The van der Waals surface area contributed by atoms with Gasteiger partial charge in [0.2, 0.25) is 0 Å². The summed E-state index contributed by atoms with van der Waals surface area (Å²) in [5, 5.41) is 11.3. The van der Waals surface area contributed by atoms with Crippen LogP contribution in [0.1, 0.15) is 71.1 Å². The molecule has 2 fully saturated rings. The van der Waals surface area contributed by atoms with Gasteiger partial charge < -0.3 is 10.4 Å². The monoisotopic (exact) mass is 241 g/mol. The molecule has 1 atom stereocenters. The van der Waals surface area contributed by atoms with Crippen molar-refractivity contribution in [1.82, 2.24) is 5.32 Å². The Kier molecular flexibility index (Phi) is 8.72. The zero-order valence-electron chi connectivity index (χ0n) is 11.6.